The Hall–Kier alpha value is -1.88. The summed E-state index contributed by atoms with van der Waals surface area (Å²) in [4.78, 5) is 6.39. The summed E-state index contributed by atoms with van der Waals surface area (Å²) in [6.45, 7) is 7.86. The van der Waals surface area contributed by atoms with Gasteiger partial charge in [-0.05, 0) is 19.9 Å². The van der Waals surface area contributed by atoms with Gasteiger partial charge in [0.05, 0.1) is 6.54 Å². The van der Waals surface area contributed by atoms with E-state index in [0.29, 0.717) is 0 Å². The maximum atomic E-state index is 6.14. The summed E-state index contributed by atoms with van der Waals surface area (Å²) in [5.74, 6) is 1.00. The third kappa shape index (κ3) is 2.99. The van der Waals surface area contributed by atoms with Crippen molar-refractivity contribution in [1.29, 1.82) is 0 Å². The van der Waals surface area contributed by atoms with Crippen LogP contribution in [-0.4, -0.2) is 38.4 Å². The molecule has 1 aromatic carbocycles. The number of aromatic nitrogens is 3. The Kier molecular flexibility index (Phi) is 3.44. The van der Waals surface area contributed by atoms with E-state index >= 15 is 0 Å². The van der Waals surface area contributed by atoms with Crippen LogP contribution in [0.15, 0.2) is 36.9 Å². The normalized spacial score (nSPS) is 18.1. The fraction of sp³-hybridized carbons (Fsp3) is 0.467. The van der Waals surface area contributed by atoms with E-state index in [1.165, 1.54) is 5.56 Å². The highest BCUT2D eigenvalue weighted by Gasteiger charge is 2.28. The fourth-order valence-corrected chi connectivity index (χ4v) is 2.65. The van der Waals surface area contributed by atoms with Crippen molar-refractivity contribution in [3.05, 3.63) is 42.5 Å². The minimum atomic E-state index is -0.186. The zero-order chi connectivity index (χ0) is 14.0. The Bertz CT molecular complexity index is 565. The molecule has 3 rings (SSSR count). The minimum absolute atomic E-state index is 0.186. The fourth-order valence-electron chi connectivity index (χ4n) is 2.65. The monoisotopic (exact) mass is 272 g/mol. The first kappa shape index (κ1) is 13.1. The number of nitrogens with zero attached hydrogens (tertiary/aromatic N) is 4. The predicted molar refractivity (Wildman–Crippen MR) is 76.4 cm³/mol. The first-order chi connectivity index (χ1) is 9.62. The van der Waals surface area contributed by atoms with Crippen LogP contribution in [0.2, 0.25) is 0 Å². The second kappa shape index (κ2) is 5.25. The molecule has 0 bridgehead atoms. The van der Waals surface area contributed by atoms with Gasteiger partial charge in [0.15, 0.2) is 0 Å². The van der Waals surface area contributed by atoms with Crippen molar-refractivity contribution in [3.63, 3.8) is 0 Å². The quantitative estimate of drug-likeness (QED) is 0.856. The number of fused-ring (bicyclic) bond motifs is 1. The third-order valence-electron chi connectivity index (χ3n) is 3.47. The average molecular weight is 272 g/mol. The lowest BCUT2D eigenvalue weighted by Crippen LogP contribution is -2.41. The molecule has 1 aliphatic rings. The molecule has 0 saturated carbocycles. The average Bonchev–Trinajstić information content (AvgIpc) is 2.86. The Morgan fingerprint density at radius 3 is 2.90 bits per heavy atom. The molecule has 1 aliphatic heterocycles. The van der Waals surface area contributed by atoms with Crippen LogP contribution in [0, 0.1) is 0 Å². The van der Waals surface area contributed by atoms with Gasteiger partial charge in [-0.15, -0.1) is 0 Å². The van der Waals surface area contributed by atoms with Crippen molar-refractivity contribution < 1.29 is 4.74 Å². The Morgan fingerprint density at radius 2 is 2.10 bits per heavy atom. The molecule has 5 nitrogen and oxygen atoms in total. The molecule has 0 radical (unpaired) electrons. The van der Waals surface area contributed by atoms with Gasteiger partial charge in [-0.1, -0.05) is 18.2 Å². The van der Waals surface area contributed by atoms with Gasteiger partial charge in [0.25, 0.3) is 0 Å². The molecule has 0 N–H and O–H groups in total. The molecule has 20 heavy (non-hydrogen) atoms. The Labute approximate surface area is 119 Å². The van der Waals surface area contributed by atoms with E-state index < -0.39 is 0 Å². The van der Waals surface area contributed by atoms with Crippen molar-refractivity contribution in [2.45, 2.75) is 32.5 Å². The molecule has 0 fully saturated rings. The summed E-state index contributed by atoms with van der Waals surface area (Å²) in [7, 11) is 0. The van der Waals surface area contributed by atoms with Crippen molar-refractivity contribution >= 4 is 0 Å². The van der Waals surface area contributed by atoms with Gasteiger partial charge in [0.2, 0.25) is 0 Å². The molecule has 0 saturated heterocycles. The van der Waals surface area contributed by atoms with Gasteiger partial charge in [-0.3, -0.25) is 9.58 Å². The summed E-state index contributed by atoms with van der Waals surface area (Å²) in [5.41, 5.74) is 1.06. The van der Waals surface area contributed by atoms with Crippen molar-refractivity contribution in [3.8, 4) is 5.75 Å². The zero-order valence-corrected chi connectivity index (χ0v) is 12.0. The van der Waals surface area contributed by atoms with Crippen LogP contribution < -0.4 is 4.74 Å². The molecule has 1 aromatic heterocycles. The van der Waals surface area contributed by atoms with Crippen LogP contribution in [0.1, 0.15) is 19.4 Å². The number of benzene rings is 1. The second-order valence-corrected chi connectivity index (χ2v) is 5.84. The van der Waals surface area contributed by atoms with E-state index in [1.54, 1.807) is 12.7 Å². The number of rotatable bonds is 3. The van der Waals surface area contributed by atoms with Gasteiger partial charge < -0.3 is 4.74 Å². The van der Waals surface area contributed by atoms with Crippen LogP contribution in [0.5, 0.6) is 5.75 Å². The molecule has 5 heteroatoms. The summed E-state index contributed by atoms with van der Waals surface area (Å²) in [5, 5.41) is 4.15. The van der Waals surface area contributed by atoms with Gasteiger partial charge in [0.1, 0.15) is 24.0 Å². The molecule has 0 aliphatic carbocycles. The van der Waals surface area contributed by atoms with Crippen LogP contribution in [-0.2, 0) is 13.1 Å². The minimum Gasteiger partial charge on any atom is -0.486 e. The molecule has 0 amide bonds. The molecule has 106 valence electrons. The maximum absolute atomic E-state index is 6.14. The summed E-state index contributed by atoms with van der Waals surface area (Å²) >= 11 is 0. The van der Waals surface area contributed by atoms with E-state index in [4.69, 9.17) is 4.74 Å². The van der Waals surface area contributed by atoms with E-state index in [2.05, 4.69) is 47.0 Å². The lowest BCUT2D eigenvalue weighted by atomic mass is 10.1. The van der Waals surface area contributed by atoms with Crippen LogP contribution in [0.4, 0.5) is 0 Å². The van der Waals surface area contributed by atoms with E-state index in [-0.39, 0.29) is 5.60 Å². The van der Waals surface area contributed by atoms with Crippen LogP contribution >= 0.6 is 0 Å². The number of para-hydroxylation sites is 1. The van der Waals surface area contributed by atoms with Crippen molar-refractivity contribution in [1.82, 2.24) is 19.7 Å². The van der Waals surface area contributed by atoms with Crippen molar-refractivity contribution in [2.75, 3.05) is 13.1 Å². The van der Waals surface area contributed by atoms with Gasteiger partial charge in [-0.2, -0.15) is 5.10 Å². The van der Waals surface area contributed by atoms with Gasteiger partial charge >= 0.3 is 0 Å². The molecule has 2 heterocycles. The molecule has 0 spiro atoms. The molecule has 0 atom stereocenters. The molecular weight excluding hydrogens is 252 g/mol. The second-order valence-electron chi connectivity index (χ2n) is 5.84. The van der Waals surface area contributed by atoms with E-state index in [1.807, 2.05) is 10.7 Å². The zero-order valence-electron chi connectivity index (χ0n) is 12.0. The highest BCUT2D eigenvalue weighted by molar-refractivity contribution is 5.34. The van der Waals surface area contributed by atoms with E-state index in [0.717, 1.165) is 31.9 Å². The van der Waals surface area contributed by atoms with Crippen LogP contribution in [0.3, 0.4) is 0 Å². The predicted octanol–water partition coefficient (Wildman–Crippen LogP) is 1.95. The highest BCUT2D eigenvalue weighted by Crippen LogP contribution is 2.28. The van der Waals surface area contributed by atoms with Crippen molar-refractivity contribution in [2.24, 2.45) is 0 Å². The number of ether oxygens (including phenoxy) is 1. The topological polar surface area (TPSA) is 43.2 Å². The number of hydrogen-bond donors (Lipinski definition) is 0. The van der Waals surface area contributed by atoms with Gasteiger partial charge in [0, 0.05) is 25.2 Å². The Balaban J connectivity index is 1.75. The lowest BCUT2D eigenvalue weighted by molar-refractivity contribution is 0.0694. The first-order valence-corrected chi connectivity index (χ1v) is 6.94. The number of hydrogen-bond acceptors (Lipinski definition) is 4. The molecule has 0 unspecified atom stereocenters. The van der Waals surface area contributed by atoms with Crippen LogP contribution in [0.25, 0.3) is 0 Å². The third-order valence-corrected chi connectivity index (χ3v) is 3.47. The SMILES string of the molecule is CC1(C)CN(CCn2cncn2)Cc2ccccc2O1. The molecule has 2 aromatic rings. The largest absolute Gasteiger partial charge is 0.486 e. The maximum Gasteiger partial charge on any atom is 0.137 e. The highest BCUT2D eigenvalue weighted by atomic mass is 16.5. The standard InChI is InChI=1S/C15H20N4O/c1-15(2)10-18(7-8-19-12-16-11-17-19)9-13-5-3-4-6-14(13)20-15/h3-6,11-12H,7-10H2,1-2H3. The summed E-state index contributed by atoms with van der Waals surface area (Å²) < 4.78 is 8.00. The van der Waals surface area contributed by atoms with E-state index in [9.17, 15) is 0 Å². The first-order valence-electron chi connectivity index (χ1n) is 6.94. The Morgan fingerprint density at radius 1 is 1.25 bits per heavy atom. The lowest BCUT2D eigenvalue weighted by Gasteiger charge is -2.29. The smallest absolute Gasteiger partial charge is 0.137 e. The van der Waals surface area contributed by atoms with Gasteiger partial charge in [-0.25, -0.2) is 4.98 Å². The summed E-state index contributed by atoms with van der Waals surface area (Å²) in [6.07, 6.45) is 3.33. The molecular formula is C15H20N4O. The summed E-state index contributed by atoms with van der Waals surface area (Å²) in [6, 6.07) is 8.29.